The van der Waals surface area contributed by atoms with E-state index in [2.05, 4.69) is 0 Å². The molecule has 27 heavy (non-hydrogen) atoms. The summed E-state index contributed by atoms with van der Waals surface area (Å²) in [6, 6.07) is 10.1. The van der Waals surface area contributed by atoms with E-state index in [1.807, 2.05) is 0 Å². The number of benzene rings is 2. The van der Waals surface area contributed by atoms with Gasteiger partial charge >= 0.3 is 0 Å². The van der Waals surface area contributed by atoms with E-state index in [9.17, 15) is 22.0 Å². The van der Waals surface area contributed by atoms with Crippen molar-refractivity contribution in [3.8, 4) is 5.75 Å². The highest BCUT2D eigenvalue weighted by Gasteiger charge is 2.20. The molecule has 2 N–H and O–H groups in total. The summed E-state index contributed by atoms with van der Waals surface area (Å²) < 4.78 is 58.5. The zero-order chi connectivity index (χ0) is 20.0. The van der Waals surface area contributed by atoms with E-state index in [1.54, 1.807) is 18.2 Å². The van der Waals surface area contributed by atoms with E-state index >= 15 is 0 Å². The second kappa shape index (κ2) is 9.16. The highest BCUT2D eigenvalue weighted by atomic mass is 32.2. The van der Waals surface area contributed by atoms with Crippen molar-refractivity contribution in [1.82, 2.24) is 4.31 Å². The highest BCUT2D eigenvalue weighted by molar-refractivity contribution is 7.99. The average Bonchev–Trinajstić information content (AvgIpc) is 2.61. The SMILES string of the molecule is CN(CSCc1cc(F)c(OCC(N)=O)c(F)c1)S(=O)(=O)c1ccccc1. The smallest absolute Gasteiger partial charge is 0.255 e. The van der Waals surface area contributed by atoms with Gasteiger partial charge in [0.15, 0.2) is 24.0 Å². The molecule has 2 rings (SSSR count). The van der Waals surface area contributed by atoms with Crippen LogP contribution in [0.15, 0.2) is 47.4 Å². The van der Waals surface area contributed by atoms with Gasteiger partial charge < -0.3 is 10.5 Å². The Bertz CT molecular complexity index is 885. The summed E-state index contributed by atoms with van der Waals surface area (Å²) in [5.41, 5.74) is 5.19. The van der Waals surface area contributed by atoms with Crippen molar-refractivity contribution in [1.29, 1.82) is 0 Å². The van der Waals surface area contributed by atoms with Crippen molar-refractivity contribution in [2.75, 3.05) is 19.5 Å². The minimum Gasteiger partial charge on any atom is -0.478 e. The molecular weight excluding hydrogens is 398 g/mol. The maximum Gasteiger partial charge on any atom is 0.255 e. The van der Waals surface area contributed by atoms with Crippen LogP contribution < -0.4 is 10.5 Å². The number of thioether (sulfide) groups is 1. The number of nitrogens with two attached hydrogens (primary N) is 1. The standard InChI is InChI=1S/C17H18F2N2O4S2/c1-21(27(23,24)13-5-3-2-4-6-13)11-26-10-12-7-14(18)17(15(19)8-12)25-9-16(20)22/h2-8H,9-11H2,1H3,(H2,20,22). The molecular formula is C17H18F2N2O4S2. The van der Waals surface area contributed by atoms with Crippen LogP contribution in [-0.2, 0) is 20.6 Å². The zero-order valence-corrected chi connectivity index (χ0v) is 16.0. The van der Waals surface area contributed by atoms with Gasteiger partial charge in [-0.3, -0.25) is 4.79 Å². The molecule has 0 unspecified atom stereocenters. The quantitative estimate of drug-likeness (QED) is 0.634. The molecule has 0 aliphatic carbocycles. The molecule has 10 heteroatoms. The average molecular weight is 416 g/mol. The van der Waals surface area contributed by atoms with E-state index in [0.717, 1.165) is 16.4 Å². The van der Waals surface area contributed by atoms with Crippen LogP contribution in [-0.4, -0.2) is 38.2 Å². The zero-order valence-electron chi connectivity index (χ0n) is 14.4. The molecule has 2 aromatic carbocycles. The van der Waals surface area contributed by atoms with Gasteiger partial charge in [-0.05, 0) is 29.8 Å². The second-order valence-electron chi connectivity index (χ2n) is 5.54. The molecule has 0 atom stereocenters. The Morgan fingerprint density at radius 3 is 2.33 bits per heavy atom. The summed E-state index contributed by atoms with van der Waals surface area (Å²) in [5, 5.41) is 0. The number of ether oxygens (including phenoxy) is 1. The van der Waals surface area contributed by atoms with Crippen molar-refractivity contribution in [3.05, 3.63) is 59.7 Å². The molecule has 0 spiro atoms. The first-order chi connectivity index (χ1) is 12.7. The van der Waals surface area contributed by atoms with Crippen molar-refractivity contribution in [2.24, 2.45) is 5.73 Å². The molecule has 0 heterocycles. The molecule has 2 aromatic rings. The first-order valence-corrected chi connectivity index (χ1v) is 10.3. The summed E-state index contributed by atoms with van der Waals surface area (Å²) in [6.45, 7) is -0.635. The fourth-order valence-electron chi connectivity index (χ4n) is 2.11. The van der Waals surface area contributed by atoms with Gasteiger partial charge in [0, 0.05) is 12.8 Å². The molecule has 0 aliphatic rings. The normalized spacial score (nSPS) is 11.6. The van der Waals surface area contributed by atoms with Crippen molar-refractivity contribution in [2.45, 2.75) is 10.6 Å². The minimum absolute atomic E-state index is 0.0976. The number of primary amides is 1. The molecule has 1 amide bonds. The van der Waals surface area contributed by atoms with E-state index < -0.39 is 39.9 Å². The molecule has 0 aliphatic heterocycles. The number of nitrogens with zero attached hydrogens (tertiary/aromatic N) is 1. The van der Waals surface area contributed by atoms with Gasteiger partial charge in [0.2, 0.25) is 10.0 Å². The lowest BCUT2D eigenvalue weighted by atomic mass is 10.2. The van der Waals surface area contributed by atoms with Crippen LogP contribution in [0.3, 0.4) is 0 Å². The topological polar surface area (TPSA) is 89.7 Å². The van der Waals surface area contributed by atoms with Gasteiger partial charge in [0.1, 0.15) is 0 Å². The van der Waals surface area contributed by atoms with Crippen LogP contribution in [0.2, 0.25) is 0 Å². The molecule has 0 aromatic heterocycles. The third-order valence-electron chi connectivity index (χ3n) is 3.41. The van der Waals surface area contributed by atoms with E-state index in [-0.39, 0.29) is 16.5 Å². The van der Waals surface area contributed by atoms with Gasteiger partial charge in [-0.25, -0.2) is 17.2 Å². The van der Waals surface area contributed by atoms with Crippen LogP contribution in [0.4, 0.5) is 8.78 Å². The van der Waals surface area contributed by atoms with Gasteiger partial charge in [-0.1, -0.05) is 18.2 Å². The van der Waals surface area contributed by atoms with Crippen molar-refractivity contribution >= 4 is 27.7 Å². The first kappa shape index (κ1) is 21.1. The lowest BCUT2D eigenvalue weighted by Crippen LogP contribution is -2.26. The third-order valence-corrected chi connectivity index (χ3v) is 6.50. The van der Waals surface area contributed by atoms with E-state index in [4.69, 9.17) is 10.5 Å². The Morgan fingerprint density at radius 1 is 1.19 bits per heavy atom. The van der Waals surface area contributed by atoms with Gasteiger partial charge in [0.25, 0.3) is 5.91 Å². The fourth-order valence-corrected chi connectivity index (χ4v) is 4.50. The molecule has 0 saturated carbocycles. The summed E-state index contributed by atoms with van der Waals surface area (Å²) in [4.78, 5) is 10.8. The lowest BCUT2D eigenvalue weighted by Gasteiger charge is -2.17. The minimum atomic E-state index is -3.63. The summed E-state index contributed by atoms with van der Waals surface area (Å²) in [7, 11) is -2.20. The predicted molar refractivity (Wildman–Crippen MR) is 98.6 cm³/mol. The molecule has 0 fully saturated rings. The highest BCUT2D eigenvalue weighted by Crippen LogP contribution is 2.26. The summed E-state index contributed by atoms with van der Waals surface area (Å²) in [6.07, 6.45) is 0. The predicted octanol–water partition coefficient (Wildman–Crippen LogP) is 2.34. The van der Waals surface area contributed by atoms with Gasteiger partial charge in [0.05, 0.1) is 10.8 Å². The van der Waals surface area contributed by atoms with Gasteiger partial charge in [-0.15, -0.1) is 11.8 Å². The molecule has 0 radical (unpaired) electrons. The van der Waals surface area contributed by atoms with E-state index in [0.29, 0.717) is 5.56 Å². The Balaban J connectivity index is 1.98. The summed E-state index contributed by atoms with van der Waals surface area (Å²) in [5.74, 6) is -3.17. The molecule has 6 nitrogen and oxygen atoms in total. The van der Waals surface area contributed by atoms with Crippen LogP contribution >= 0.6 is 11.8 Å². The maximum atomic E-state index is 13.9. The van der Waals surface area contributed by atoms with Crippen molar-refractivity contribution < 1.29 is 26.7 Å². The number of hydrogen-bond acceptors (Lipinski definition) is 5. The maximum absolute atomic E-state index is 13.9. The molecule has 0 saturated heterocycles. The van der Waals surface area contributed by atoms with Crippen molar-refractivity contribution in [3.63, 3.8) is 0 Å². The Kier molecular flexibility index (Phi) is 7.17. The van der Waals surface area contributed by atoms with Gasteiger partial charge in [-0.2, -0.15) is 4.31 Å². The summed E-state index contributed by atoms with van der Waals surface area (Å²) >= 11 is 1.18. The Labute approximate surface area is 160 Å². The molecule has 0 bridgehead atoms. The van der Waals surface area contributed by atoms with E-state index in [1.165, 1.54) is 30.9 Å². The Hall–Kier alpha value is -2.17. The number of carbonyl (C=O) groups excluding carboxylic acids is 1. The number of carbonyl (C=O) groups is 1. The number of amides is 1. The van der Waals surface area contributed by atoms with Crippen LogP contribution in [0, 0.1) is 11.6 Å². The third kappa shape index (κ3) is 5.65. The number of halogens is 2. The lowest BCUT2D eigenvalue weighted by molar-refractivity contribution is -0.120. The van der Waals surface area contributed by atoms with Crippen LogP contribution in [0.25, 0.3) is 0 Å². The number of hydrogen-bond donors (Lipinski definition) is 1. The fraction of sp³-hybridized carbons (Fsp3) is 0.235. The molecule has 146 valence electrons. The van der Waals surface area contributed by atoms with Crippen LogP contribution in [0.5, 0.6) is 5.75 Å². The van der Waals surface area contributed by atoms with Crippen LogP contribution in [0.1, 0.15) is 5.56 Å². The largest absolute Gasteiger partial charge is 0.478 e. The Morgan fingerprint density at radius 2 is 1.78 bits per heavy atom. The first-order valence-electron chi connectivity index (χ1n) is 7.70. The number of sulfonamides is 1. The monoisotopic (exact) mass is 416 g/mol. The second-order valence-corrected chi connectivity index (χ2v) is 8.54. The number of rotatable bonds is 9.